The summed E-state index contributed by atoms with van der Waals surface area (Å²) in [5, 5.41) is 3.55. The summed E-state index contributed by atoms with van der Waals surface area (Å²) in [5.74, 6) is 0.304. The number of nitrogens with two attached hydrogens (primary N) is 1. The standard InChI is InChI=1S/C14H18ClN3O/c1-8-5-11(16)10(15)6-12(8)18-4-2-3-9-13(18)7-17-14(9)19/h5-6,9,13H,2-4,7,16H2,1H3,(H,17,19). The highest BCUT2D eigenvalue weighted by Crippen LogP contribution is 2.36. The van der Waals surface area contributed by atoms with E-state index in [2.05, 4.69) is 10.2 Å². The molecule has 19 heavy (non-hydrogen) atoms. The number of piperidine rings is 1. The van der Waals surface area contributed by atoms with Crippen LogP contribution in [0.4, 0.5) is 11.4 Å². The van der Waals surface area contributed by atoms with E-state index >= 15 is 0 Å². The van der Waals surface area contributed by atoms with E-state index in [1.54, 1.807) is 0 Å². The van der Waals surface area contributed by atoms with E-state index in [0.717, 1.165) is 37.2 Å². The summed E-state index contributed by atoms with van der Waals surface area (Å²) in [6.45, 7) is 3.73. The average Bonchev–Trinajstić information content (AvgIpc) is 2.76. The van der Waals surface area contributed by atoms with Gasteiger partial charge in [-0.25, -0.2) is 0 Å². The molecule has 0 spiro atoms. The molecule has 3 rings (SSSR count). The van der Waals surface area contributed by atoms with Crippen LogP contribution in [0, 0.1) is 12.8 Å². The lowest BCUT2D eigenvalue weighted by atomic mass is 9.90. The monoisotopic (exact) mass is 279 g/mol. The molecule has 2 aliphatic heterocycles. The Bertz CT molecular complexity index is 532. The molecule has 2 atom stereocenters. The van der Waals surface area contributed by atoms with Gasteiger partial charge < -0.3 is 16.0 Å². The summed E-state index contributed by atoms with van der Waals surface area (Å²) in [6.07, 6.45) is 2.02. The number of carbonyl (C=O) groups is 1. The molecule has 1 amide bonds. The summed E-state index contributed by atoms with van der Waals surface area (Å²) in [7, 11) is 0. The lowest BCUT2D eigenvalue weighted by molar-refractivity contribution is -0.122. The van der Waals surface area contributed by atoms with Crippen LogP contribution in [0.1, 0.15) is 18.4 Å². The maximum Gasteiger partial charge on any atom is 0.225 e. The van der Waals surface area contributed by atoms with Crippen LogP contribution in [0.2, 0.25) is 5.02 Å². The smallest absolute Gasteiger partial charge is 0.225 e. The highest BCUT2D eigenvalue weighted by molar-refractivity contribution is 6.33. The normalized spacial score (nSPS) is 26.2. The number of anilines is 2. The van der Waals surface area contributed by atoms with Crippen molar-refractivity contribution >= 4 is 28.9 Å². The SMILES string of the molecule is Cc1cc(N)c(Cl)cc1N1CCCC2C(=O)NCC21. The van der Waals surface area contributed by atoms with Crippen molar-refractivity contribution in [3.05, 3.63) is 22.7 Å². The maximum absolute atomic E-state index is 11.8. The van der Waals surface area contributed by atoms with Gasteiger partial charge in [0.1, 0.15) is 0 Å². The van der Waals surface area contributed by atoms with E-state index in [1.165, 1.54) is 0 Å². The van der Waals surface area contributed by atoms with Gasteiger partial charge >= 0.3 is 0 Å². The highest BCUT2D eigenvalue weighted by Gasteiger charge is 2.41. The van der Waals surface area contributed by atoms with E-state index in [1.807, 2.05) is 19.1 Å². The molecule has 2 unspecified atom stereocenters. The van der Waals surface area contributed by atoms with Gasteiger partial charge in [0, 0.05) is 18.8 Å². The fourth-order valence-corrected chi connectivity index (χ4v) is 3.41. The Balaban J connectivity index is 1.97. The number of hydrogen-bond acceptors (Lipinski definition) is 3. The molecular formula is C14H18ClN3O. The zero-order chi connectivity index (χ0) is 13.6. The molecule has 3 N–H and O–H groups in total. The van der Waals surface area contributed by atoms with Crippen LogP contribution in [-0.2, 0) is 4.79 Å². The van der Waals surface area contributed by atoms with Gasteiger partial charge in [0.15, 0.2) is 0 Å². The molecule has 1 aromatic rings. The predicted molar refractivity (Wildman–Crippen MR) is 77.5 cm³/mol. The Morgan fingerprint density at radius 2 is 2.26 bits per heavy atom. The summed E-state index contributed by atoms with van der Waals surface area (Å²) >= 11 is 6.14. The molecular weight excluding hydrogens is 262 g/mol. The third-order valence-corrected chi connectivity index (χ3v) is 4.55. The van der Waals surface area contributed by atoms with Gasteiger partial charge in [0.2, 0.25) is 5.91 Å². The number of nitrogens with zero attached hydrogens (tertiary/aromatic N) is 1. The Kier molecular flexibility index (Phi) is 3.05. The van der Waals surface area contributed by atoms with Crippen LogP contribution in [0.3, 0.4) is 0 Å². The fourth-order valence-electron chi connectivity index (χ4n) is 3.25. The van der Waals surface area contributed by atoms with Gasteiger partial charge in [-0.1, -0.05) is 11.6 Å². The molecule has 0 aromatic heterocycles. The van der Waals surface area contributed by atoms with Crippen LogP contribution < -0.4 is 16.0 Å². The van der Waals surface area contributed by atoms with Crippen LogP contribution in [0.15, 0.2) is 12.1 Å². The molecule has 2 saturated heterocycles. The second-order valence-electron chi connectivity index (χ2n) is 5.41. The van der Waals surface area contributed by atoms with Gasteiger partial charge in [-0.3, -0.25) is 4.79 Å². The zero-order valence-corrected chi connectivity index (χ0v) is 11.7. The van der Waals surface area contributed by atoms with Crippen molar-refractivity contribution in [3.8, 4) is 0 Å². The van der Waals surface area contributed by atoms with Crippen molar-refractivity contribution in [2.75, 3.05) is 23.7 Å². The van der Waals surface area contributed by atoms with Crippen molar-refractivity contribution in [3.63, 3.8) is 0 Å². The largest absolute Gasteiger partial charge is 0.398 e. The van der Waals surface area contributed by atoms with Crippen molar-refractivity contribution in [2.45, 2.75) is 25.8 Å². The highest BCUT2D eigenvalue weighted by atomic mass is 35.5. The topological polar surface area (TPSA) is 58.4 Å². The Morgan fingerprint density at radius 1 is 1.47 bits per heavy atom. The van der Waals surface area contributed by atoms with Gasteiger partial charge in [-0.05, 0) is 37.5 Å². The molecule has 0 aliphatic carbocycles. The maximum atomic E-state index is 11.8. The Hall–Kier alpha value is -1.42. The minimum atomic E-state index is 0.115. The average molecular weight is 280 g/mol. The predicted octanol–water partition coefficient (Wildman–Crippen LogP) is 1.95. The number of aryl methyl sites for hydroxylation is 1. The summed E-state index contributed by atoms with van der Waals surface area (Å²) in [4.78, 5) is 14.1. The summed E-state index contributed by atoms with van der Waals surface area (Å²) in [5.41, 5.74) is 8.65. The Labute approximate surface area is 117 Å². The van der Waals surface area contributed by atoms with Crippen LogP contribution >= 0.6 is 11.6 Å². The third kappa shape index (κ3) is 2.04. The lowest BCUT2D eigenvalue weighted by Crippen LogP contribution is -2.46. The molecule has 5 heteroatoms. The minimum absolute atomic E-state index is 0.115. The number of hydrogen-bond donors (Lipinski definition) is 2. The number of halogens is 1. The first kappa shape index (κ1) is 12.6. The van der Waals surface area contributed by atoms with Gasteiger partial charge in [0.05, 0.1) is 22.7 Å². The summed E-state index contributed by atoms with van der Waals surface area (Å²) < 4.78 is 0. The van der Waals surface area contributed by atoms with Crippen molar-refractivity contribution < 1.29 is 4.79 Å². The van der Waals surface area contributed by atoms with Crippen LogP contribution in [-0.4, -0.2) is 25.0 Å². The van der Waals surface area contributed by atoms with Gasteiger partial charge in [-0.15, -0.1) is 0 Å². The first-order chi connectivity index (χ1) is 9.08. The van der Waals surface area contributed by atoms with Crippen LogP contribution in [0.25, 0.3) is 0 Å². The molecule has 2 fully saturated rings. The fraction of sp³-hybridized carbons (Fsp3) is 0.500. The number of carbonyl (C=O) groups excluding carboxylic acids is 1. The molecule has 4 nitrogen and oxygen atoms in total. The Morgan fingerprint density at radius 3 is 3.05 bits per heavy atom. The van der Waals surface area contributed by atoms with Crippen molar-refractivity contribution in [2.24, 2.45) is 5.92 Å². The molecule has 0 radical (unpaired) electrons. The van der Waals surface area contributed by atoms with E-state index in [4.69, 9.17) is 17.3 Å². The first-order valence-corrected chi connectivity index (χ1v) is 7.05. The first-order valence-electron chi connectivity index (χ1n) is 6.68. The number of fused-ring (bicyclic) bond motifs is 1. The number of nitrogen functional groups attached to an aromatic ring is 1. The second-order valence-corrected chi connectivity index (χ2v) is 5.82. The summed E-state index contributed by atoms with van der Waals surface area (Å²) in [6, 6.07) is 4.09. The van der Waals surface area contributed by atoms with E-state index < -0.39 is 0 Å². The molecule has 0 saturated carbocycles. The van der Waals surface area contributed by atoms with Gasteiger partial charge in [-0.2, -0.15) is 0 Å². The van der Waals surface area contributed by atoms with E-state index in [-0.39, 0.29) is 17.9 Å². The number of rotatable bonds is 1. The second kappa shape index (κ2) is 4.60. The molecule has 102 valence electrons. The number of benzene rings is 1. The number of nitrogens with one attached hydrogen (secondary N) is 1. The zero-order valence-electron chi connectivity index (χ0n) is 10.9. The minimum Gasteiger partial charge on any atom is -0.398 e. The quantitative estimate of drug-likeness (QED) is 0.773. The van der Waals surface area contributed by atoms with E-state index in [0.29, 0.717) is 10.7 Å². The molecule has 0 bridgehead atoms. The molecule has 1 aromatic carbocycles. The van der Waals surface area contributed by atoms with Crippen molar-refractivity contribution in [1.82, 2.24) is 5.32 Å². The molecule has 2 heterocycles. The van der Waals surface area contributed by atoms with Gasteiger partial charge in [0.25, 0.3) is 0 Å². The van der Waals surface area contributed by atoms with Crippen LogP contribution in [0.5, 0.6) is 0 Å². The van der Waals surface area contributed by atoms with Crippen molar-refractivity contribution in [1.29, 1.82) is 0 Å². The molecule has 2 aliphatic rings. The van der Waals surface area contributed by atoms with E-state index in [9.17, 15) is 4.79 Å². The lowest BCUT2D eigenvalue weighted by Gasteiger charge is -2.38. The number of amides is 1. The third-order valence-electron chi connectivity index (χ3n) is 4.23.